The molecule has 3 nitrogen and oxygen atoms in total. The number of anilines is 2. The van der Waals surface area contributed by atoms with Crippen LogP contribution in [-0.2, 0) is 6.18 Å². The highest BCUT2D eigenvalue weighted by atomic mass is 32.1. The molecule has 114 valence electrons. The molecule has 7 heteroatoms. The van der Waals surface area contributed by atoms with Crippen LogP contribution < -0.4 is 4.90 Å². The molecular weight excluding hydrogens is 311 g/mol. The summed E-state index contributed by atoms with van der Waals surface area (Å²) in [6.45, 7) is 1.76. The minimum atomic E-state index is -4.36. The van der Waals surface area contributed by atoms with Crippen molar-refractivity contribution in [2.75, 3.05) is 11.9 Å². The molecule has 3 rings (SSSR count). The van der Waals surface area contributed by atoms with Crippen LogP contribution in [-0.4, -0.2) is 17.0 Å². The first-order valence-electron chi connectivity index (χ1n) is 6.49. The number of halogens is 3. The average molecular weight is 323 g/mol. The Morgan fingerprint density at radius 1 is 1.14 bits per heavy atom. The Morgan fingerprint density at radius 3 is 2.64 bits per heavy atom. The standard InChI is InChI=1S/C15H12F3N3S/c1-9-19-12-6-7-22-13(12)14(20-9)21(2)11-5-3-4-10(8-11)15(16,17)18/h3-8H,1-2H3. The van der Waals surface area contributed by atoms with Crippen molar-refractivity contribution in [2.45, 2.75) is 13.1 Å². The summed E-state index contributed by atoms with van der Waals surface area (Å²) in [6, 6.07) is 7.08. The smallest absolute Gasteiger partial charge is 0.328 e. The fourth-order valence-corrected chi connectivity index (χ4v) is 3.06. The van der Waals surface area contributed by atoms with Crippen LogP contribution >= 0.6 is 11.3 Å². The Bertz CT molecular complexity index is 826. The number of aryl methyl sites for hydroxylation is 1. The maximum atomic E-state index is 12.9. The van der Waals surface area contributed by atoms with E-state index in [2.05, 4.69) is 9.97 Å². The lowest BCUT2D eigenvalue weighted by Gasteiger charge is -2.20. The van der Waals surface area contributed by atoms with Crippen LogP contribution in [0, 0.1) is 6.92 Å². The van der Waals surface area contributed by atoms with Crippen LogP contribution in [0.1, 0.15) is 11.4 Å². The molecule has 0 saturated heterocycles. The molecule has 0 aliphatic carbocycles. The zero-order valence-corrected chi connectivity index (χ0v) is 12.7. The van der Waals surface area contributed by atoms with Gasteiger partial charge in [-0.2, -0.15) is 13.2 Å². The third kappa shape index (κ3) is 2.64. The van der Waals surface area contributed by atoms with Crippen LogP contribution in [0.4, 0.5) is 24.7 Å². The topological polar surface area (TPSA) is 29.0 Å². The van der Waals surface area contributed by atoms with Gasteiger partial charge in [0.15, 0.2) is 5.82 Å². The molecule has 3 aromatic rings. The molecule has 0 spiro atoms. The molecule has 2 aromatic heterocycles. The van der Waals surface area contributed by atoms with Gasteiger partial charge in [0.1, 0.15) is 5.82 Å². The largest absolute Gasteiger partial charge is 0.416 e. The summed E-state index contributed by atoms with van der Waals surface area (Å²) in [5.41, 5.74) is 0.555. The lowest BCUT2D eigenvalue weighted by molar-refractivity contribution is -0.137. The number of rotatable bonds is 2. The Labute approximate surface area is 129 Å². The van der Waals surface area contributed by atoms with Crippen molar-refractivity contribution in [3.05, 3.63) is 47.1 Å². The van der Waals surface area contributed by atoms with Gasteiger partial charge in [0.05, 0.1) is 15.8 Å². The number of thiophene rings is 1. The van der Waals surface area contributed by atoms with Crippen molar-refractivity contribution >= 4 is 33.1 Å². The van der Waals surface area contributed by atoms with Crippen LogP contribution in [0.25, 0.3) is 10.2 Å². The maximum absolute atomic E-state index is 12.9. The molecule has 0 bridgehead atoms. The number of hydrogen-bond donors (Lipinski definition) is 0. The molecule has 0 fully saturated rings. The lowest BCUT2D eigenvalue weighted by Crippen LogP contribution is -2.14. The van der Waals surface area contributed by atoms with E-state index in [0.29, 0.717) is 17.3 Å². The van der Waals surface area contributed by atoms with E-state index in [1.54, 1.807) is 24.9 Å². The van der Waals surface area contributed by atoms with Gasteiger partial charge in [-0.05, 0) is 36.6 Å². The second-order valence-electron chi connectivity index (χ2n) is 4.84. The van der Waals surface area contributed by atoms with E-state index in [0.717, 1.165) is 22.3 Å². The molecule has 1 aromatic carbocycles. The van der Waals surface area contributed by atoms with E-state index in [-0.39, 0.29) is 0 Å². The molecule has 0 saturated carbocycles. The SMILES string of the molecule is Cc1nc(N(C)c2cccc(C(F)(F)F)c2)c2sccc2n1. The van der Waals surface area contributed by atoms with E-state index >= 15 is 0 Å². The highest BCUT2D eigenvalue weighted by Gasteiger charge is 2.30. The predicted octanol–water partition coefficient (Wildman–Crippen LogP) is 4.79. The highest BCUT2D eigenvalue weighted by molar-refractivity contribution is 7.17. The summed E-state index contributed by atoms with van der Waals surface area (Å²) in [5, 5.41) is 1.89. The van der Waals surface area contributed by atoms with Crippen molar-refractivity contribution in [2.24, 2.45) is 0 Å². The van der Waals surface area contributed by atoms with Crippen molar-refractivity contribution in [3.63, 3.8) is 0 Å². The van der Waals surface area contributed by atoms with Gasteiger partial charge in [0.2, 0.25) is 0 Å². The number of benzene rings is 1. The molecular formula is C15H12F3N3S. The molecule has 0 amide bonds. The third-order valence-electron chi connectivity index (χ3n) is 3.28. The second-order valence-corrected chi connectivity index (χ2v) is 5.75. The molecule has 2 heterocycles. The van der Waals surface area contributed by atoms with Crippen LogP contribution in [0.15, 0.2) is 35.7 Å². The Balaban J connectivity index is 2.10. The highest BCUT2D eigenvalue weighted by Crippen LogP contribution is 2.35. The summed E-state index contributed by atoms with van der Waals surface area (Å²) in [7, 11) is 1.70. The van der Waals surface area contributed by atoms with Gasteiger partial charge in [-0.1, -0.05) is 6.07 Å². The molecule has 0 unspecified atom stereocenters. The van der Waals surface area contributed by atoms with Gasteiger partial charge in [0, 0.05) is 12.7 Å². The molecule has 0 aliphatic rings. The van der Waals surface area contributed by atoms with Gasteiger partial charge in [-0.3, -0.25) is 0 Å². The van der Waals surface area contributed by atoms with Crippen molar-refractivity contribution in [1.82, 2.24) is 9.97 Å². The van der Waals surface area contributed by atoms with E-state index in [1.165, 1.54) is 17.4 Å². The molecule has 0 atom stereocenters. The quantitative estimate of drug-likeness (QED) is 0.679. The van der Waals surface area contributed by atoms with E-state index < -0.39 is 11.7 Å². The van der Waals surface area contributed by atoms with Gasteiger partial charge in [0.25, 0.3) is 0 Å². The van der Waals surface area contributed by atoms with E-state index in [1.807, 2.05) is 11.4 Å². The maximum Gasteiger partial charge on any atom is 0.416 e. The number of alkyl halides is 3. The van der Waals surface area contributed by atoms with Crippen LogP contribution in [0.5, 0.6) is 0 Å². The lowest BCUT2D eigenvalue weighted by atomic mass is 10.2. The van der Waals surface area contributed by atoms with Crippen LogP contribution in [0.2, 0.25) is 0 Å². The Morgan fingerprint density at radius 2 is 1.91 bits per heavy atom. The summed E-state index contributed by atoms with van der Waals surface area (Å²) in [4.78, 5) is 10.4. The first-order chi connectivity index (χ1) is 10.4. The first kappa shape index (κ1) is 14.8. The first-order valence-corrected chi connectivity index (χ1v) is 7.37. The fraction of sp³-hybridized carbons (Fsp3) is 0.200. The number of fused-ring (bicyclic) bond motifs is 1. The van der Waals surface area contributed by atoms with Gasteiger partial charge < -0.3 is 4.90 Å². The Kier molecular flexibility index (Phi) is 3.52. The van der Waals surface area contributed by atoms with Gasteiger partial charge in [-0.15, -0.1) is 11.3 Å². The zero-order valence-electron chi connectivity index (χ0n) is 11.8. The molecule has 0 N–H and O–H groups in total. The van der Waals surface area contributed by atoms with Crippen molar-refractivity contribution < 1.29 is 13.2 Å². The van der Waals surface area contributed by atoms with Gasteiger partial charge in [-0.25, -0.2) is 9.97 Å². The van der Waals surface area contributed by atoms with E-state index in [9.17, 15) is 13.2 Å². The minimum Gasteiger partial charge on any atom is -0.328 e. The second kappa shape index (κ2) is 5.24. The monoisotopic (exact) mass is 323 g/mol. The van der Waals surface area contributed by atoms with Crippen molar-refractivity contribution in [1.29, 1.82) is 0 Å². The minimum absolute atomic E-state index is 0.433. The van der Waals surface area contributed by atoms with E-state index in [4.69, 9.17) is 0 Å². The predicted molar refractivity (Wildman–Crippen MR) is 81.7 cm³/mol. The number of hydrogen-bond acceptors (Lipinski definition) is 4. The number of aromatic nitrogens is 2. The van der Waals surface area contributed by atoms with Crippen LogP contribution in [0.3, 0.4) is 0 Å². The summed E-state index contributed by atoms with van der Waals surface area (Å²) < 4.78 is 39.4. The zero-order chi connectivity index (χ0) is 15.9. The summed E-state index contributed by atoms with van der Waals surface area (Å²) >= 11 is 1.47. The summed E-state index contributed by atoms with van der Waals surface area (Å²) in [6.07, 6.45) is -4.36. The fourth-order valence-electron chi connectivity index (χ4n) is 2.20. The average Bonchev–Trinajstić information content (AvgIpc) is 2.93. The molecule has 22 heavy (non-hydrogen) atoms. The summed E-state index contributed by atoms with van der Waals surface area (Å²) in [5.74, 6) is 1.19. The third-order valence-corrected chi connectivity index (χ3v) is 4.18. The Hall–Kier alpha value is -2.15. The van der Waals surface area contributed by atoms with Crippen molar-refractivity contribution in [3.8, 4) is 0 Å². The molecule has 0 aliphatic heterocycles. The molecule has 0 radical (unpaired) electrons. The number of nitrogens with zero attached hydrogens (tertiary/aromatic N) is 3. The normalized spacial score (nSPS) is 11.9. The van der Waals surface area contributed by atoms with Gasteiger partial charge >= 0.3 is 6.18 Å².